The number of furan rings is 1. The molecule has 4 heterocycles. The van der Waals surface area contributed by atoms with Crippen LogP contribution >= 0.6 is 0 Å². The fourth-order valence-electron chi connectivity index (χ4n) is 10.3. The summed E-state index contributed by atoms with van der Waals surface area (Å²) in [5, 5.41) is 9.04. The highest BCUT2D eigenvalue weighted by atomic mass is 16.3. The van der Waals surface area contributed by atoms with Crippen molar-refractivity contribution in [3.05, 3.63) is 237 Å². The zero-order valence-corrected chi connectivity index (χ0v) is 37.7. The normalized spacial score (nSPS) is 11.7. The topological polar surface area (TPSA) is 69.6 Å². The smallest absolute Gasteiger partial charge is 0.164 e. The Kier molecular flexibility index (Phi) is 9.10. The standard InChI is InChI=1S/C64H39N5O/c1-2-11-40(12-3-1)44-23-24-47-37-49(26-25-45(47)36-44)62-66-63(68-64(67-62)56-18-10-20-59-61(56)55-33-34-65-39-60(55)70-59)54-17-7-6-15-51(54)42-27-30-50(31-28-42)69-57-19-9-8-16-52(57)53-32-29-48(38-58(53)69)46-22-21-41-13-4-5-14-43(41)35-46/h1-39H. The molecule has 0 radical (unpaired) electrons. The van der Waals surface area contributed by atoms with Crippen LogP contribution in [0.2, 0.25) is 0 Å². The average molecular weight is 894 g/mol. The molecule has 4 aromatic heterocycles. The molecule has 0 bridgehead atoms. The molecule has 0 atom stereocenters. The average Bonchev–Trinajstić information content (AvgIpc) is 3.98. The minimum Gasteiger partial charge on any atom is -0.454 e. The maximum Gasteiger partial charge on any atom is 0.164 e. The van der Waals surface area contributed by atoms with Crippen molar-refractivity contribution in [2.24, 2.45) is 0 Å². The summed E-state index contributed by atoms with van der Waals surface area (Å²) < 4.78 is 8.69. The van der Waals surface area contributed by atoms with E-state index in [-0.39, 0.29) is 0 Å². The number of pyridine rings is 1. The van der Waals surface area contributed by atoms with E-state index in [1.54, 1.807) is 12.4 Å². The lowest BCUT2D eigenvalue weighted by Crippen LogP contribution is -2.01. The second-order valence-electron chi connectivity index (χ2n) is 17.8. The first-order valence-electron chi connectivity index (χ1n) is 23.5. The number of hydrogen-bond donors (Lipinski definition) is 0. The number of benzene rings is 10. The molecular weight excluding hydrogens is 855 g/mol. The zero-order valence-electron chi connectivity index (χ0n) is 37.7. The van der Waals surface area contributed by atoms with Gasteiger partial charge in [0.1, 0.15) is 5.58 Å². The minimum absolute atomic E-state index is 0.559. The van der Waals surface area contributed by atoms with Crippen molar-refractivity contribution >= 4 is 65.3 Å². The summed E-state index contributed by atoms with van der Waals surface area (Å²) in [4.78, 5) is 20.2. The molecule has 0 fully saturated rings. The number of aromatic nitrogens is 5. The summed E-state index contributed by atoms with van der Waals surface area (Å²) in [7, 11) is 0. The van der Waals surface area contributed by atoms with Crippen LogP contribution in [0.15, 0.2) is 241 Å². The first kappa shape index (κ1) is 39.6. The highest BCUT2D eigenvalue weighted by Gasteiger charge is 2.21. The predicted octanol–water partition coefficient (Wildman–Crippen LogP) is 16.6. The number of fused-ring (bicyclic) bond motifs is 8. The van der Waals surface area contributed by atoms with Crippen molar-refractivity contribution in [1.82, 2.24) is 24.5 Å². The Labute approximate surface area is 402 Å². The molecule has 326 valence electrons. The maximum absolute atomic E-state index is 6.30. The summed E-state index contributed by atoms with van der Waals surface area (Å²) in [5.41, 5.74) is 14.3. The maximum atomic E-state index is 6.30. The Morgan fingerprint density at radius 1 is 0.329 bits per heavy atom. The highest BCUT2D eigenvalue weighted by molar-refractivity contribution is 6.12. The van der Waals surface area contributed by atoms with Crippen molar-refractivity contribution in [3.8, 4) is 73.2 Å². The third kappa shape index (κ3) is 6.65. The molecule has 0 N–H and O–H groups in total. The molecule has 0 saturated heterocycles. The van der Waals surface area contributed by atoms with Crippen molar-refractivity contribution < 1.29 is 4.42 Å². The van der Waals surface area contributed by atoms with Crippen LogP contribution in [0.3, 0.4) is 0 Å². The lowest BCUT2D eigenvalue weighted by molar-refractivity contribution is 0.667. The van der Waals surface area contributed by atoms with Gasteiger partial charge in [-0.25, -0.2) is 15.0 Å². The van der Waals surface area contributed by atoms with E-state index in [0.717, 1.165) is 71.7 Å². The Bertz CT molecular complexity index is 4360. The van der Waals surface area contributed by atoms with E-state index in [1.165, 1.54) is 43.8 Å². The number of hydrogen-bond acceptors (Lipinski definition) is 5. The molecular formula is C64H39N5O. The van der Waals surface area contributed by atoms with E-state index in [2.05, 4.69) is 210 Å². The zero-order chi connectivity index (χ0) is 46.1. The van der Waals surface area contributed by atoms with Crippen LogP contribution in [0.5, 0.6) is 0 Å². The molecule has 0 unspecified atom stereocenters. The number of para-hydroxylation sites is 1. The van der Waals surface area contributed by atoms with Gasteiger partial charge in [-0.1, -0.05) is 170 Å². The molecule has 0 aliphatic carbocycles. The van der Waals surface area contributed by atoms with Crippen LogP contribution in [-0.2, 0) is 0 Å². The van der Waals surface area contributed by atoms with Crippen LogP contribution in [0, 0.1) is 0 Å². The van der Waals surface area contributed by atoms with Gasteiger partial charge in [0.25, 0.3) is 0 Å². The molecule has 0 amide bonds. The number of rotatable bonds is 7. The first-order chi connectivity index (χ1) is 34.7. The van der Waals surface area contributed by atoms with E-state index in [9.17, 15) is 0 Å². The molecule has 0 saturated carbocycles. The van der Waals surface area contributed by atoms with E-state index in [4.69, 9.17) is 19.4 Å². The van der Waals surface area contributed by atoms with Gasteiger partial charge < -0.3 is 8.98 Å². The van der Waals surface area contributed by atoms with Crippen LogP contribution in [0.1, 0.15) is 0 Å². The van der Waals surface area contributed by atoms with Crippen LogP contribution < -0.4 is 0 Å². The van der Waals surface area contributed by atoms with Crippen molar-refractivity contribution in [1.29, 1.82) is 0 Å². The van der Waals surface area contributed by atoms with Crippen LogP contribution in [-0.4, -0.2) is 24.5 Å². The Morgan fingerprint density at radius 3 is 1.76 bits per heavy atom. The van der Waals surface area contributed by atoms with Gasteiger partial charge in [0.05, 0.1) is 17.2 Å². The summed E-state index contributed by atoms with van der Waals surface area (Å²) in [6, 6.07) is 79.6. The monoisotopic (exact) mass is 893 g/mol. The molecule has 0 spiro atoms. The third-order valence-corrected chi connectivity index (χ3v) is 13.7. The molecule has 6 nitrogen and oxygen atoms in total. The van der Waals surface area contributed by atoms with Crippen molar-refractivity contribution in [3.63, 3.8) is 0 Å². The third-order valence-electron chi connectivity index (χ3n) is 13.7. The summed E-state index contributed by atoms with van der Waals surface area (Å²) >= 11 is 0. The molecule has 14 rings (SSSR count). The second-order valence-corrected chi connectivity index (χ2v) is 17.8. The fraction of sp³-hybridized carbons (Fsp3) is 0. The van der Waals surface area contributed by atoms with Gasteiger partial charge in [0, 0.05) is 50.1 Å². The molecule has 10 aromatic carbocycles. The fourth-order valence-corrected chi connectivity index (χ4v) is 10.3. The molecule has 6 heteroatoms. The SMILES string of the molecule is c1ccc(-c2ccc3cc(-c4nc(-c5ccccc5-c5ccc(-n6c7ccccc7c7ccc(-c8ccc9ccccc9c8)cc76)cc5)nc(-c5cccc6oc7cnccc7c56)n4)ccc3c2)cc1. The van der Waals surface area contributed by atoms with E-state index in [1.807, 2.05) is 24.3 Å². The van der Waals surface area contributed by atoms with Gasteiger partial charge in [0.2, 0.25) is 0 Å². The van der Waals surface area contributed by atoms with E-state index >= 15 is 0 Å². The van der Waals surface area contributed by atoms with Crippen LogP contribution in [0.25, 0.3) is 139 Å². The van der Waals surface area contributed by atoms with Crippen LogP contribution in [0.4, 0.5) is 0 Å². The lowest BCUT2D eigenvalue weighted by Gasteiger charge is -2.14. The largest absolute Gasteiger partial charge is 0.454 e. The molecule has 70 heavy (non-hydrogen) atoms. The molecule has 14 aromatic rings. The molecule has 0 aliphatic heterocycles. The Balaban J connectivity index is 0.899. The van der Waals surface area contributed by atoms with Gasteiger partial charge in [0.15, 0.2) is 23.1 Å². The highest BCUT2D eigenvalue weighted by Crippen LogP contribution is 2.40. The van der Waals surface area contributed by atoms with Gasteiger partial charge in [-0.2, -0.15) is 0 Å². The quantitative estimate of drug-likeness (QED) is 0.159. The summed E-state index contributed by atoms with van der Waals surface area (Å²) in [6.45, 7) is 0. The van der Waals surface area contributed by atoms with Crippen molar-refractivity contribution in [2.75, 3.05) is 0 Å². The Hall–Kier alpha value is -9.52. The minimum atomic E-state index is 0.559. The van der Waals surface area contributed by atoms with Gasteiger partial charge in [-0.3, -0.25) is 4.98 Å². The lowest BCUT2D eigenvalue weighted by atomic mass is 9.98. The van der Waals surface area contributed by atoms with E-state index in [0.29, 0.717) is 23.1 Å². The summed E-state index contributed by atoms with van der Waals surface area (Å²) in [5.74, 6) is 1.72. The van der Waals surface area contributed by atoms with Gasteiger partial charge >= 0.3 is 0 Å². The van der Waals surface area contributed by atoms with Crippen molar-refractivity contribution in [2.45, 2.75) is 0 Å². The molecule has 0 aliphatic rings. The number of nitrogens with zero attached hydrogens (tertiary/aromatic N) is 5. The van der Waals surface area contributed by atoms with E-state index < -0.39 is 0 Å². The van der Waals surface area contributed by atoms with Gasteiger partial charge in [-0.15, -0.1) is 0 Å². The van der Waals surface area contributed by atoms with Gasteiger partial charge in [-0.05, 0) is 110 Å². The summed E-state index contributed by atoms with van der Waals surface area (Å²) in [6.07, 6.45) is 3.55. The Morgan fingerprint density at radius 2 is 0.914 bits per heavy atom. The predicted molar refractivity (Wildman–Crippen MR) is 287 cm³/mol. The first-order valence-corrected chi connectivity index (χ1v) is 23.5. The second kappa shape index (κ2) is 16.1.